The van der Waals surface area contributed by atoms with Gasteiger partial charge in [0.25, 0.3) is 0 Å². The number of likely N-dealkylation sites (tertiary alicyclic amines) is 1. The van der Waals surface area contributed by atoms with Crippen molar-refractivity contribution in [2.24, 2.45) is 0 Å². The smallest absolute Gasteiger partial charge is 0.355 e. The molecule has 6 nitrogen and oxygen atoms in total. The van der Waals surface area contributed by atoms with Crippen molar-refractivity contribution in [2.45, 2.75) is 58.2 Å². The van der Waals surface area contributed by atoms with Gasteiger partial charge in [-0.3, -0.25) is 0 Å². The average molecular weight is 311 g/mol. The Morgan fingerprint density at radius 2 is 2.05 bits per heavy atom. The molecule has 1 aliphatic rings. The normalized spacial score (nSPS) is 23.7. The fourth-order valence-electron chi connectivity index (χ4n) is 2.73. The van der Waals surface area contributed by atoms with Gasteiger partial charge >= 0.3 is 12.0 Å². The van der Waals surface area contributed by atoms with Crippen LogP contribution in [0, 0.1) is 0 Å². The monoisotopic (exact) mass is 311 g/mol. The third-order valence-electron chi connectivity index (χ3n) is 3.88. The first kappa shape index (κ1) is 15.8. The maximum atomic E-state index is 12.4. The zero-order valence-corrected chi connectivity index (χ0v) is 13.3. The molecule has 2 N–H and O–H groups in total. The average Bonchev–Trinajstić information content (AvgIpc) is 2.88. The van der Waals surface area contributed by atoms with Crippen molar-refractivity contribution in [3.05, 3.63) is 16.1 Å². The summed E-state index contributed by atoms with van der Waals surface area (Å²) in [5.74, 6) is -1.05. The topological polar surface area (TPSA) is 82.5 Å². The Labute approximate surface area is 128 Å². The molecule has 3 atom stereocenters. The number of hydrogen-bond acceptors (Lipinski definition) is 4. The summed E-state index contributed by atoms with van der Waals surface area (Å²) >= 11 is 1.25. The van der Waals surface area contributed by atoms with Gasteiger partial charge in [-0.05, 0) is 40.0 Å². The highest BCUT2D eigenvalue weighted by molar-refractivity contribution is 7.09. The van der Waals surface area contributed by atoms with Gasteiger partial charge in [-0.1, -0.05) is 0 Å². The number of rotatable bonds is 3. The molecule has 1 aromatic rings. The molecular formula is C14H21N3O3S. The lowest BCUT2D eigenvalue weighted by molar-refractivity contribution is 0.0691. The molecule has 0 aliphatic carbocycles. The van der Waals surface area contributed by atoms with Crippen LogP contribution in [0.2, 0.25) is 0 Å². The molecule has 1 fully saturated rings. The van der Waals surface area contributed by atoms with E-state index < -0.39 is 5.97 Å². The van der Waals surface area contributed by atoms with Gasteiger partial charge in [0, 0.05) is 17.5 Å². The van der Waals surface area contributed by atoms with Crippen molar-refractivity contribution in [3.63, 3.8) is 0 Å². The standard InChI is InChI=1S/C14H21N3O3S/c1-8-5-4-6-9(2)17(8)14(20)15-10(3)12-16-11(7-21-12)13(18)19/h7-10H,4-6H2,1-3H3,(H,15,20)(H,18,19)/t8-,9+,10?. The molecule has 1 unspecified atom stereocenters. The molecule has 7 heteroatoms. The number of carbonyl (C=O) groups is 2. The summed E-state index contributed by atoms with van der Waals surface area (Å²) in [6, 6.07) is 0.0600. The first-order valence-electron chi connectivity index (χ1n) is 7.17. The summed E-state index contributed by atoms with van der Waals surface area (Å²) in [7, 11) is 0. The molecule has 0 bridgehead atoms. The van der Waals surface area contributed by atoms with Crippen LogP contribution in [0.4, 0.5) is 4.79 Å². The molecule has 2 amide bonds. The van der Waals surface area contributed by atoms with Crippen LogP contribution >= 0.6 is 11.3 Å². The van der Waals surface area contributed by atoms with Crippen molar-refractivity contribution in [3.8, 4) is 0 Å². The van der Waals surface area contributed by atoms with Crippen molar-refractivity contribution in [1.82, 2.24) is 15.2 Å². The number of carboxylic acids is 1. The van der Waals surface area contributed by atoms with Gasteiger partial charge in [0.15, 0.2) is 5.69 Å². The van der Waals surface area contributed by atoms with E-state index in [4.69, 9.17) is 5.11 Å². The second-order valence-corrected chi connectivity index (χ2v) is 6.47. The lowest BCUT2D eigenvalue weighted by atomic mass is 9.98. The number of nitrogens with one attached hydrogen (secondary N) is 1. The first-order valence-corrected chi connectivity index (χ1v) is 8.05. The Morgan fingerprint density at radius 3 is 2.57 bits per heavy atom. The SMILES string of the molecule is CC(NC(=O)N1[C@H](C)CCC[C@@H]1C)c1nc(C(=O)O)cs1. The van der Waals surface area contributed by atoms with E-state index in [2.05, 4.69) is 24.1 Å². The summed E-state index contributed by atoms with van der Waals surface area (Å²) in [5.41, 5.74) is 0.0239. The lowest BCUT2D eigenvalue weighted by Crippen LogP contribution is -2.52. The van der Waals surface area contributed by atoms with E-state index in [1.807, 2.05) is 11.8 Å². The number of carbonyl (C=O) groups excluding carboxylic acids is 1. The molecule has 0 aromatic carbocycles. The zero-order chi connectivity index (χ0) is 15.6. The quantitative estimate of drug-likeness (QED) is 0.899. The summed E-state index contributed by atoms with van der Waals surface area (Å²) < 4.78 is 0. The highest BCUT2D eigenvalue weighted by Crippen LogP contribution is 2.24. The number of piperidine rings is 1. The van der Waals surface area contributed by atoms with Crippen LogP contribution in [0.25, 0.3) is 0 Å². The molecule has 116 valence electrons. The third-order valence-corrected chi connectivity index (χ3v) is 4.91. The van der Waals surface area contributed by atoms with Crippen LogP contribution in [-0.2, 0) is 0 Å². The molecule has 2 rings (SSSR count). The Hall–Kier alpha value is -1.63. The molecule has 0 spiro atoms. The van der Waals surface area contributed by atoms with E-state index >= 15 is 0 Å². The van der Waals surface area contributed by atoms with Gasteiger partial charge in [0.2, 0.25) is 0 Å². The van der Waals surface area contributed by atoms with Crippen LogP contribution in [0.3, 0.4) is 0 Å². The first-order chi connectivity index (χ1) is 9.90. The van der Waals surface area contributed by atoms with E-state index in [0.717, 1.165) is 19.3 Å². The van der Waals surface area contributed by atoms with Gasteiger partial charge in [0.05, 0.1) is 6.04 Å². The summed E-state index contributed by atoms with van der Waals surface area (Å²) in [4.78, 5) is 29.2. The minimum atomic E-state index is -1.05. The third kappa shape index (κ3) is 3.53. The van der Waals surface area contributed by atoms with Crippen molar-refractivity contribution in [2.75, 3.05) is 0 Å². The van der Waals surface area contributed by atoms with Crippen LogP contribution < -0.4 is 5.32 Å². The fraction of sp³-hybridized carbons (Fsp3) is 0.643. The summed E-state index contributed by atoms with van der Waals surface area (Å²) in [6.45, 7) is 5.94. The molecule has 2 heterocycles. The van der Waals surface area contributed by atoms with E-state index in [1.54, 1.807) is 0 Å². The minimum Gasteiger partial charge on any atom is -0.476 e. The van der Waals surface area contributed by atoms with Crippen molar-refractivity contribution in [1.29, 1.82) is 0 Å². The Kier molecular flexibility index (Phi) is 4.82. The second kappa shape index (κ2) is 6.43. The number of aromatic carboxylic acids is 1. The van der Waals surface area contributed by atoms with E-state index in [1.165, 1.54) is 16.7 Å². The van der Waals surface area contributed by atoms with Crippen LogP contribution in [0.1, 0.15) is 61.6 Å². The van der Waals surface area contributed by atoms with Crippen LogP contribution in [0.5, 0.6) is 0 Å². The predicted molar refractivity (Wildman–Crippen MR) is 80.6 cm³/mol. The van der Waals surface area contributed by atoms with Crippen LogP contribution in [0.15, 0.2) is 5.38 Å². The summed E-state index contributed by atoms with van der Waals surface area (Å²) in [5, 5.41) is 13.9. The van der Waals surface area contributed by atoms with Gasteiger partial charge in [-0.15, -0.1) is 11.3 Å². The predicted octanol–water partition coefficient (Wildman–Crippen LogP) is 2.87. The summed E-state index contributed by atoms with van der Waals surface area (Å²) in [6.07, 6.45) is 3.19. The van der Waals surface area contributed by atoms with Gasteiger partial charge < -0.3 is 15.3 Å². The Morgan fingerprint density at radius 1 is 1.43 bits per heavy atom. The number of hydrogen-bond donors (Lipinski definition) is 2. The molecular weight excluding hydrogens is 290 g/mol. The highest BCUT2D eigenvalue weighted by atomic mass is 32.1. The van der Waals surface area contributed by atoms with E-state index in [-0.39, 0.29) is 29.9 Å². The molecule has 1 aromatic heterocycles. The lowest BCUT2D eigenvalue weighted by Gasteiger charge is -2.39. The number of urea groups is 1. The van der Waals surface area contributed by atoms with Gasteiger partial charge in [0.1, 0.15) is 5.01 Å². The Bertz CT molecular complexity index is 521. The number of amides is 2. The fourth-order valence-corrected chi connectivity index (χ4v) is 3.53. The second-order valence-electron chi connectivity index (χ2n) is 5.58. The van der Waals surface area contributed by atoms with Crippen molar-refractivity contribution >= 4 is 23.3 Å². The Balaban J connectivity index is 2.02. The highest BCUT2D eigenvalue weighted by Gasteiger charge is 2.30. The molecule has 1 saturated heterocycles. The number of carboxylic acid groups (broad SMARTS) is 1. The number of thiazole rings is 1. The van der Waals surface area contributed by atoms with Gasteiger partial charge in [-0.25, -0.2) is 14.6 Å². The van der Waals surface area contributed by atoms with Crippen LogP contribution in [-0.4, -0.2) is 39.1 Å². The minimum absolute atomic E-state index is 0.0239. The maximum absolute atomic E-state index is 12.4. The number of aromatic nitrogens is 1. The zero-order valence-electron chi connectivity index (χ0n) is 12.5. The number of nitrogens with zero attached hydrogens (tertiary/aromatic N) is 2. The molecule has 0 radical (unpaired) electrons. The largest absolute Gasteiger partial charge is 0.476 e. The van der Waals surface area contributed by atoms with E-state index in [9.17, 15) is 9.59 Å². The van der Waals surface area contributed by atoms with Crippen molar-refractivity contribution < 1.29 is 14.7 Å². The molecule has 0 saturated carbocycles. The van der Waals surface area contributed by atoms with E-state index in [0.29, 0.717) is 5.01 Å². The molecule has 21 heavy (non-hydrogen) atoms. The van der Waals surface area contributed by atoms with Gasteiger partial charge in [-0.2, -0.15) is 0 Å². The maximum Gasteiger partial charge on any atom is 0.355 e. The molecule has 1 aliphatic heterocycles.